The molecule has 4 heteroatoms. The van der Waals surface area contributed by atoms with Gasteiger partial charge in [-0.2, -0.15) is 0 Å². The minimum absolute atomic E-state index is 0.566. The van der Waals surface area contributed by atoms with E-state index in [9.17, 15) is 5.11 Å². The Kier molecular flexibility index (Phi) is 3.22. The van der Waals surface area contributed by atoms with E-state index in [0.717, 1.165) is 11.0 Å². The molecule has 0 bridgehead atoms. The summed E-state index contributed by atoms with van der Waals surface area (Å²) in [7, 11) is 1.67. The molecule has 1 atom stereocenters. The summed E-state index contributed by atoms with van der Waals surface area (Å²) in [6, 6.07) is 7.87. The quantitative estimate of drug-likeness (QED) is 0.853. The molecular formula is C12H16N2O2. The first-order valence-corrected chi connectivity index (χ1v) is 5.36. The van der Waals surface area contributed by atoms with Gasteiger partial charge >= 0.3 is 0 Å². The molecule has 1 N–H and O–H groups in total. The van der Waals surface area contributed by atoms with Gasteiger partial charge in [0.1, 0.15) is 11.9 Å². The van der Waals surface area contributed by atoms with Gasteiger partial charge in [0.2, 0.25) is 0 Å². The van der Waals surface area contributed by atoms with Gasteiger partial charge in [-0.1, -0.05) is 12.1 Å². The predicted molar refractivity (Wildman–Crippen MR) is 62.2 cm³/mol. The first-order valence-electron chi connectivity index (χ1n) is 5.36. The van der Waals surface area contributed by atoms with Crippen LogP contribution in [-0.2, 0) is 11.3 Å². The van der Waals surface area contributed by atoms with Crippen LogP contribution < -0.4 is 0 Å². The average molecular weight is 220 g/mol. The van der Waals surface area contributed by atoms with Gasteiger partial charge in [-0.25, -0.2) is 4.98 Å². The van der Waals surface area contributed by atoms with Gasteiger partial charge < -0.3 is 14.4 Å². The number of hydrogen-bond donors (Lipinski definition) is 1. The van der Waals surface area contributed by atoms with Crippen LogP contribution in [0.2, 0.25) is 0 Å². The molecule has 1 aromatic heterocycles. The minimum Gasteiger partial charge on any atom is -0.385 e. The first kappa shape index (κ1) is 11.1. The molecule has 0 spiro atoms. The lowest BCUT2D eigenvalue weighted by Gasteiger charge is -2.09. The number of aromatic nitrogens is 2. The molecule has 0 aliphatic rings. The van der Waals surface area contributed by atoms with Crippen molar-refractivity contribution in [1.29, 1.82) is 0 Å². The fourth-order valence-electron chi connectivity index (χ4n) is 1.83. The van der Waals surface area contributed by atoms with E-state index in [1.165, 1.54) is 0 Å². The van der Waals surface area contributed by atoms with E-state index >= 15 is 0 Å². The largest absolute Gasteiger partial charge is 0.385 e. The van der Waals surface area contributed by atoms with E-state index in [4.69, 9.17) is 4.74 Å². The Labute approximate surface area is 94.5 Å². The minimum atomic E-state index is -0.566. The van der Waals surface area contributed by atoms with E-state index in [0.29, 0.717) is 19.0 Å². The number of benzene rings is 1. The van der Waals surface area contributed by atoms with Crippen molar-refractivity contribution in [2.24, 2.45) is 0 Å². The molecule has 2 aromatic rings. The Hall–Kier alpha value is -1.39. The van der Waals surface area contributed by atoms with Gasteiger partial charge in [0.15, 0.2) is 0 Å². The molecular weight excluding hydrogens is 204 g/mol. The van der Waals surface area contributed by atoms with Gasteiger partial charge in [0, 0.05) is 13.7 Å². The topological polar surface area (TPSA) is 47.3 Å². The maximum atomic E-state index is 9.68. The Balaban J connectivity index is 2.51. The van der Waals surface area contributed by atoms with Crippen molar-refractivity contribution in [2.75, 3.05) is 13.7 Å². The van der Waals surface area contributed by atoms with Crippen molar-refractivity contribution in [1.82, 2.24) is 9.55 Å². The molecule has 1 heterocycles. The fraction of sp³-hybridized carbons (Fsp3) is 0.417. The second kappa shape index (κ2) is 4.63. The average Bonchev–Trinajstić information content (AvgIpc) is 2.65. The Morgan fingerprint density at radius 3 is 2.88 bits per heavy atom. The lowest BCUT2D eigenvalue weighted by molar-refractivity contribution is 0.167. The standard InChI is InChI=1S/C12H16N2O2/c1-9(15)12-13-10-5-3-4-6-11(10)14(12)7-8-16-2/h3-6,9,15H,7-8H2,1-2H3/t9-/m0/s1. The summed E-state index contributed by atoms with van der Waals surface area (Å²) in [5, 5.41) is 9.68. The lowest BCUT2D eigenvalue weighted by atomic mass is 10.3. The Morgan fingerprint density at radius 1 is 1.44 bits per heavy atom. The molecule has 2 rings (SSSR count). The molecule has 16 heavy (non-hydrogen) atoms. The first-order chi connectivity index (χ1) is 7.74. The van der Waals surface area contributed by atoms with Crippen LogP contribution >= 0.6 is 0 Å². The molecule has 0 fully saturated rings. The van der Waals surface area contributed by atoms with Crippen LogP contribution in [-0.4, -0.2) is 28.4 Å². The maximum Gasteiger partial charge on any atom is 0.138 e. The predicted octanol–water partition coefficient (Wildman–Crippen LogP) is 1.74. The van der Waals surface area contributed by atoms with Crippen LogP contribution in [0.5, 0.6) is 0 Å². The van der Waals surface area contributed by atoms with Crippen molar-refractivity contribution in [3.63, 3.8) is 0 Å². The summed E-state index contributed by atoms with van der Waals surface area (Å²) < 4.78 is 7.07. The molecule has 0 aliphatic heterocycles. The summed E-state index contributed by atoms with van der Waals surface area (Å²) in [6.45, 7) is 3.04. The third-order valence-corrected chi connectivity index (χ3v) is 2.58. The SMILES string of the molecule is COCCn1c([C@H](C)O)nc2ccccc21. The summed E-state index contributed by atoms with van der Waals surface area (Å²) in [4.78, 5) is 4.42. The fourth-order valence-corrected chi connectivity index (χ4v) is 1.83. The molecule has 0 radical (unpaired) electrons. The summed E-state index contributed by atoms with van der Waals surface area (Å²) >= 11 is 0. The monoisotopic (exact) mass is 220 g/mol. The summed E-state index contributed by atoms with van der Waals surface area (Å²) in [5.74, 6) is 0.693. The van der Waals surface area contributed by atoms with Crippen molar-refractivity contribution >= 4 is 11.0 Å². The van der Waals surface area contributed by atoms with Crippen LogP contribution in [0.25, 0.3) is 11.0 Å². The van der Waals surface area contributed by atoms with Gasteiger partial charge in [0.05, 0.1) is 17.6 Å². The van der Waals surface area contributed by atoms with Crippen LogP contribution in [0.4, 0.5) is 0 Å². The highest BCUT2D eigenvalue weighted by Crippen LogP contribution is 2.20. The van der Waals surface area contributed by atoms with Crippen molar-refractivity contribution in [3.8, 4) is 0 Å². The molecule has 0 saturated carbocycles. The smallest absolute Gasteiger partial charge is 0.138 e. The van der Waals surface area contributed by atoms with Crippen LogP contribution in [0.3, 0.4) is 0 Å². The van der Waals surface area contributed by atoms with E-state index in [1.54, 1.807) is 14.0 Å². The second-order valence-corrected chi connectivity index (χ2v) is 3.78. The normalized spacial score (nSPS) is 13.2. The number of aliphatic hydroxyl groups excluding tert-OH is 1. The highest BCUT2D eigenvalue weighted by molar-refractivity contribution is 5.75. The highest BCUT2D eigenvalue weighted by Gasteiger charge is 2.13. The maximum absolute atomic E-state index is 9.68. The zero-order valence-corrected chi connectivity index (χ0v) is 9.55. The van der Waals surface area contributed by atoms with Gasteiger partial charge in [-0.15, -0.1) is 0 Å². The zero-order valence-electron chi connectivity index (χ0n) is 9.55. The molecule has 0 unspecified atom stereocenters. The van der Waals surface area contributed by atoms with E-state index in [1.807, 2.05) is 28.8 Å². The van der Waals surface area contributed by atoms with E-state index in [2.05, 4.69) is 4.98 Å². The highest BCUT2D eigenvalue weighted by atomic mass is 16.5. The Bertz CT molecular complexity index is 477. The zero-order chi connectivity index (χ0) is 11.5. The van der Waals surface area contributed by atoms with Crippen molar-refractivity contribution < 1.29 is 9.84 Å². The lowest BCUT2D eigenvalue weighted by Crippen LogP contribution is -2.10. The number of imidazole rings is 1. The molecule has 1 aromatic carbocycles. The van der Waals surface area contributed by atoms with Crippen LogP contribution in [0.1, 0.15) is 18.9 Å². The van der Waals surface area contributed by atoms with Gasteiger partial charge in [-0.3, -0.25) is 0 Å². The van der Waals surface area contributed by atoms with Crippen LogP contribution in [0, 0.1) is 0 Å². The third-order valence-electron chi connectivity index (χ3n) is 2.58. The van der Waals surface area contributed by atoms with Gasteiger partial charge in [-0.05, 0) is 19.1 Å². The Morgan fingerprint density at radius 2 is 2.19 bits per heavy atom. The number of nitrogens with zero attached hydrogens (tertiary/aromatic N) is 2. The molecule has 0 amide bonds. The number of aliphatic hydroxyl groups is 1. The third kappa shape index (κ3) is 1.94. The second-order valence-electron chi connectivity index (χ2n) is 3.78. The number of methoxy groups -OCH3 is 1. The van der Waals surface area contributed by atoms with Crippen LogP contribution in [0.15, 0.2) is 24.3 Å². The number of para-hydroxylation sites is 2. The number of fused-ring (bicyclic) bond motifs is 1. The number of hydrogen-bond acceptors (Lipinski definition) is 3. The van der Waals surface area contributed by atoms with Crippen molar-refractivity contribution in [2.45, 2.75) is 19.6 Å². The van der Waals surface area contributed by atoms with E-state index < -0.39 is 6.10 Å². The number of ether oxygens (including phenoxy) is 1. The summed E-state index contributed by atoms with van der Waals surface area (Å²) in [5.41, 5.74) is 1.95. The molecule has 86 valence electrons. The van der Waals surface area contributed by atoms with Crippen molar-refractivity contribution in [3.05, 3.63) is 30.1 Å². The molecule has 4 nitrogen and oxygen atoms in total. The van der Waals surface area contributed by atoms with E-state index in [-0.39, 0.29) is 0 Å². The summed E-state index contributed by atoms with van der Waals surface area (Å²) in [6.07, 6.45) is -0.566. The molecule has 0 saturated heterocycles. The van der Waals surface area contributed by atoms with Gasteiger partial charge in [0.25, 0.3) is 0 Å². The number of rotatable bonds is 4. The molecule has 0 aliphatic carbocycles.